The molecule has 37 heavy (non-hydrogen) atoms. The first-order chi connectivity index (χ1) is 17.9. The molecule has 0 aliphatic carbocycles. The SMILES string of the molecule is CC(=N)NC(=O)[C@@H](Cc1ccccc1)NC(=O)C(Cc1ccc2ccccc2c1)NC(=O)[C@@H]1CCCN1. The molecule has 8 heteroatoms. The summed E-state index contributed by atoms with van der Waals surface area (Å²) in [5.74, 6) is -1.15. The Morgan fingerprint density at radius 1 is 0.865 bits per heavy atom. The van der Waals surface area contributed by atoms with Crippen molar-refractivity contribution in [3.63, 3.8) is 0 Å². The molecule has 3 atom stereocenters. The molecule has 3 aromatic rings. The van der Waals surface area contributed by atoms with Crippen LogP contribution in [0.1, 0.15) is 30.9 Å². The largest absolute Gasteiger partial charge is 0.343 e. The molecule has 3 aromatic carbocycles. The Morgan fingerprint density at radius 3 is 2.24 bits per heavy atom. The van der Waals surface area contributed by atoms with E-state index >= 15 is 0 Å². The van der Waals surface area contributed by atoms with Gasteiger partial charge in [0.2, 0.25) is 17.7 Å². The van der Waals surface area contributed by atoms with Gasteiger partial charge in [-0.2, -0.15) is 0 Å². The lowest BCUT2D eigenvalue weighted by atomic mass is 9.99. The molecule has 3 amide bonds. The molecule has 1 heterocycles. The molecule has 5 N–H and O–H groups in total. The Bertz CT molecular complexity index is 1270. The summed E-state index contributed by atoms with van der Waals surface area (Å²) in [5.41, 5.74) is 1.77. The summed E-state index contributed by atoms with van der Waals surface area (Å²) in [7, 11) is 0. The van der Waals surface area contributed by atoms with Crippen molar-refractivity contribution >= 4 is 34.3 Å². The zero-order chi connectivity index (χ0) is 26.2. The van der Waals surface area contributed by atoms with E-state index in [9.17, 15) is 14.4 Å². The van der Waals surface area contributed by atoms with Gasteiger partial charge < -0.3 is 21.3 Å². The number of fused-ring (bicyclic) bond motifs is 1. The van der Waals surface area contributed by atoms with Gasteiger partial charge in [0, 0.05) is 12.8 Å². The fraction of sp³-hybridized carbons (Fsp3) is 0.310. The van der Waals surface area contributed by atoms with Gasteiger partial charge in [-0.1, -0.05) is 72.8 Å². The summed E-state index contributed by atoms with van der Waals surface area (Å²) in [6.07, 6.45) is 2.15. The molecule has 1 aliphatic heterocycles. The first kappa shape index (κ1) is 26.0. The van der Waals surface area contributed by atoms with Crippen molar-refractivity contribution in [3.05, 3.63) is 83.9 Å². The summed E-state index contributed by atoms with van der Waals surface area (Å²) >= 11 is 0. The molecule has 4 rings (SSSR count). The summed E-state index contributed by atoms with van der Waals surface area (Å²) < 4.78 is 0. The lowest BCUT2D eigenvalue weighted by molar-refractivity contribution is -0.132. The number of nitrogens with one attached hydrogen (secondary N) is 5. The second kappa shape index (κ2) is 12.3. The van der Waals surface area contributed by atoms with Crippen LogP contribution in [0.25, 0.3) is 10.8 Å². The predicted molar refractivity (Wildman–Crippen MR) is 144 cm³/mol. The third-order valence-corrected chi connectivity index (χ3v) is 6.49. The number of carbonyl (C=O) groups excluding carboxylic acids is 3. The standard InChI is InChI=1S/C29H33N5O3/c1-19(30)32-28(36)25(17-20-8-3-2-4-9-20)34-29(37)26(33-27(35)24-12-7-15-31-24)18-21-13-14-22-10-5-6-11-23(22)16-21/h2-6,8-11,13-14,16,24-26,31H,7,12,15,17-18H2,1H3,(H,33,35)(H,34,37)(H2,30,32,36)/t24-,25+,26?/m0/s1. The molecule has 1 fully saturated rings. The maximum atomic E-state index is 13.6. The highest BCUT2D eigenvalue weighted by molar-refractivity contribution is 6.00. The quantitative estimate of drug-likeness (QED) is 0.229. The highest BCUT2D eigenvalue weighted by Crippen LogP contribution is 2.17. The molecule has 8 nitrogen and oxygen atoms in total. The predicted octanol–water partition coefficient (Wildman–Crippen LogP) is 2.46. The zero-order valence-electron chi connectivity index (χ0n) is 20.9. The van der Waals surface area contributed by atoms with Gasteiger partial charge >= 0.3 is 0 Å². The number of hydrogen-bond acceptors (Lipinski definition) is 5. The average Bonchev–Trinajstić information content (AvgIpc) is 3.43. The number of hydrogen-bond donors (Lipinski definition) is 5. The molecule has 0 bridgehead atoms. The maximum Gasteiger partial charge on any atom is 0.248 e. The fourth-order valence-electron chi connectivity index (χ4n) is 4.59. The lowest BCUT2D eigenvalue weighted by Crippen LogP contribution is -2.57. The summed E-state index contributed by atoms with van der Waals surface area (Å²) in [6, 6.07) is 21.2. The number of benzene rings is 3. The Balaban J connectivity index is 1.56. The lowest BCUT2D eigenvalue weighted by Gasteiger charge is -2.24. The Hall–Kier alpha value is -4.04. The van der Waals surface area contributed by atoms with Gasteiger partial charge in [-0.15, -0.1) is 0 Å². The molecule has 1 saturated heterocycles. The van der Waals surface area contributed by atoms with E-state index in [4.69, 9.17) is 5.41 Å². The normalized spacial score (nSPS) is 16.5. The average molecular weight is 500 g/mol. The van der Waals surface area contributed by atoms with Gasteiger partial charge in [-0.25, -0.2) is 0 Å². The molecule has 192 valence electrons. The number of amidine groups is 1. The van der Waals surface area contributed by atoms with Crippen molar-refractivity contribution in [2.45, 2.75) is 50.7 Å². The van der Waals surface area contributed by atoms with Crippen molar-refractivity contribution in [2.75, 3.05) is 6.54 Å². The van der Waals surface area contributed by atoms with E-state index in [-0.39, 0.29) is 30.6 Å². The van der Waals surface area contributed by atoms with Crippen molar-refractivity contribution in [1.82, 2.24) is 21.3 Å². The molecule has 0 aromatic heterocycles. The van der Waals surface area contributed by atoms with E-state index in [1.807, 2.05) is 72.8 Å². The molecular weight excluding hydrogens is 466 g/mol. The minimum Gasteiger partial charge on any atom is -0.343 e. The van der Waals surface area contributed by atoms with Crippen LogP contribution in [0.5, 0.6) is 0 Å². The van der Waals surface area contributed by atoms with Crippen LogP contribution < -0.4 is 21.3 Å². The molecule has 0 saturated carbocycles. The highest BCUT2D eigenvalue weighted by atomic mass is 16.2. The Labute approximate surface area is 216 Å². The Kier molecular flexibility index (Phi) is 8.64. The van der Waals surface area contributed by atoms with Crippen LogP contribution >= 0.6 is 0 Å². The summed E-state index contributed by atoms with van der Waals surface area (Å²) in [6.45, 7) is 2.23. The third kappa shape index (κ3) is 7.24. The van der Waals surface area contributed by atoms with Gasteiger partial charge in [-0.3, -0.25) is 19.8 Å². The minimum atomic E-state index is -0.907. The molecule has 1 aliphatic rings. The van der Waals surface area contributed by atoms with Crippen LogP contribution in [-0.2, 0) is 27.2 Å². The second-order valence-electron chi connectivity index (χ2n) is 9.46. The third-order valence-electron chi connectivity index (χ3n) is 6.49. The van der Waals surface area contributed by atoms with Crippen molar-refractivity contribution < 1.29 is 14.4 Å². The van der Waals surface area contributed by atoms with Crippen LogP contribution in [0.4, 0.5) is 0 Å². The first-order valence-corrected chi connectivity index (χ1v) is 12.6. The number of amides is 3. The van der Waals surface area contributed by atoms with Crippen molar-refractivity contribution in [3.8, 4) is 0 Å². The Morgan fingerprint density at radius 2 is 1.54 bits per heavy atom. The van der Waals surface area contributed by atoms with E-state index in [2.05, 4.69) is 21.3 Å². The van der Waals surface area contributed by atoms with E-state index in [1.54, 1.807) is 0 Å². The van der Waals surface area contributed by atoms with Crippen LogP contribution in [0.15, 0.2) is 72.8 Å². The molecule has 0 radical (unpaired) electrons. The van der Waals surface area contributed by atoms with Gasteiger partial charge in [0.05, 0.1) is 11.9 Å². The number of rotatable bonds is 9. The fourth-order valence-corrected chi connectivity index (χ4v) is 4.59. The smallest absolute Gasteiger partial charge is 0.248 e. The van der Waals surface area contributed by atoms with Crippen LogP contribution in [0, 0.1) is 5.41 Å². The number of carbonyl (C=O) groups is 3. The van der Waals surface area contributed by atoms with Gasteiger partial charge in [0.1, 0.15) is 12.1 Å². The monoisotopic (exact) mass is 499 g/mol. The van der Waals surface area contributed by atoms with Crippen molar-refractivity contribution in [2.24, 2.45) is 0 Å². The van der Waals surface area contributed by atoms with Gasteiger partial charge in [0.25, 0.3) is 0 Å². The maximum absolute atomic E-state index is 13.6. The van der Waals surface area contributed by atoms with Crippen LogP contribution in [-0.4, -0.2) is 48.2 Å². The van der Waals surface area contributed by atoms with Crippen LogP contribution in [0.3, 0.4) is 0 Å². The topological polar surface area (TPSA) is 123 Å². The van der Waals surface area contributed by atoms with E-state index in [0.29, 0.717) is 6.42 Å². The van der Waals surface area contributed by atoms with E-state index in [1.165, 1.54) is 6.92 Å². The molecule has 0 spiro atoms. The summed E-state index contributed by atoms with van der Waals surface area (Å²) in [5, 5.41) is 21.2. The molecular formula is C29H33N5O3. The van der Waals surface area contributed by atoms with Crippen molar-refractivity contribution in [1.29, 1.82) is 5.41 Å². The minimum absolute atomic E-state index is 0.00867. The van der Waals surface area contributed by atoms with Gasteiger partial charge in [-0.05, 0) is 48.2 Å². The van der Waals surface area contributed by atoms with E-state index < -0.39 is 23.9 Å². The zero-order valence-corrected chi connectivity index (χ0v) is 20.9. The first-order valence-electron chi connectivity index (χ1n) is 12.6. The highest BCUT2D eigenvalue weighted by Gasteiger charge is 2.30. The van der Waals surface area contributed by atoms with Gasteiger partial charge in [0.15, 0.2) is 0 Å². The molecule has 1 unspecified atom stereocenters. The summed E-state index contributed by atoms with van der Waals surface area (Å²) in [4.78, 5) is 39.4. The van der Waals surface area contributed by atoms with Crippen LogP contribution in [0.2, 0.25) is 0 Å². The second-order valence-corrected chi connectivity index (χ2v) is 9.46. The van der Waals surface area contributed by atoms with E-state index in [0.717, 1.165) is 34.9 Å².